The van der Waals surface area contributed by atoms with Gasteiger partial charge in [-0.3, -0.25) is 0 Å². The zero-order valence-corrected chi connectivity index (χ0v) is 13.2. The zero-order chi connectivity index (χ0) is 13.5. The van der Waals surface area contributed by atoms with Crippen LogP contribution in [0.25, 0.3) is 0 Å². The van der Waals surface area contributed by atoms with Crippen LogP contribution >= 0.6 is 11.8 Å². The molecule has 0 bridgehead atoms. The van der Waals surface area contributed by atoms with Crippen molar-refractivity contribution in [1.82, 2.24) is 5.32 Å². The molecule has 0 aromatic heterocycles. The molecule has 102 valence electrons. The molecule has 0 aliphatic carbocycles. The molecule has 18 heavy (non-hydrogen) atoms. The lowest BCUT2D eigenvalue weighted by molar-refractivity contribution is 0.659. The number of rotatable bonds is 7. The van der Waals surface area contributed by atoms with Crippen LogP contribution in [0.2, 0.25) is 0 Å². The monoisotopic (exact) mass is 265 g/mol. The van der Waals surface area contributed by atoms with Gasteiger partial charge in [0.25, 0.3) is 0 Å². The van der Waals surface area contributed by atoms with E-state index in [1.54, 1.807) is 0 Å². The molecule has 0 radical (unpaired) electrons. The second-order valence-corrected chi connectivity index (χ2v) is 6.69. The molecule has 1 aromatic rings. The van der Waals surface area contributed by atoms with Crippen LogP contribution in [0.5, 0.6) is 0 Å². The molecule has 2 unspecified atom stereocenters. The molecular weight excluding hydrogens is 238 g/mol. The summed E-state index contributed by atoms with van der Waals surface area (Å²) in [5.74, 6) is 1.76. The van der Waals surface area contributed by atoms with E-state index in [1.165, 1.54) is 17.5 Å². The molecule has 1 aromatic carbocycles. The number of nitrogens with one attached hydrogen (secondary N) is 1. The van der Waals surface area contributed by atoms with Crippen LogP contribution in [0, 0.1) is 0 Å². The normalized spacial score (nSPS) is 14.8. The number of thioether (sulfide) groups is 1. The summed E-state index contributed by atoms with van der Waals surface area (Å²) in [7, 11) is 2.05. The van der Waals surface area contributed by atoms with Gasteiger partial charge in [-0.15, -0.1) is 0 Å². The molecule has 2 heteroatoms. The van der Waals surface area contributed by atoms with Gasteiger partial charge in [0.1, 0.15) is 0 Å². The average molecular weight is 265 g/mol. The van der Waals surface area contributed by atoms with Crippen molar-refractivity contribution < 1.29 is 0 Å². The van der Waals surface area contributed by atoms with Gasteiger partial charge in [-0.05, 0) is 30.5 Å². The van der Waals surface area contributed by atoms with E-state index in [4.69, 9.17) is 0 Å². The maximum absolute atomic E-state index is 3.43. The fourth-order valence-corrected chi connectivity index (χ4v) is 2.95. The van der Waals surface area contributed by atoms with Crippen molar-refractivity contribution >= 4 is 11.8 Å². The molecule has 0 spiro atoms. The number of benzene rings is 1. The maximum atomic E-state index is 3.43. The minimum atomic E-state index is 0.463. The van der Waals surface area contributed by atoms with Crippen LogP contribution in [0.15, 0.2) is 24.3 Å². The van der Waals surface area contributed by atoms with E-state index in [1.807, 2.05) is 0 Å². The summed E-state index contributed by atoms with van der Waals surface area (Å²) < 4.78 is 0. The Kier molecular flexibility index (Phi) is 6.80. The molecule has 1 N–H and O–H groups in total. The Balaban J connectivity index is 2.64. The van der Waals surface area contributed by atoms with Crippen LogP contribution in [0.3, 0.4) is 0 Å². The Hall–Kier alpha value is -0.470. The minimum Gasteiger partial charge on any atom is -0.312 e. The smallest absolute Gasteiger partial charge is 0.0409 e. The molecule has 0 fully saturated rings. The summed E-state index contributed by atoms with van der Waals surface area (Å²) in [6.07, 6.45) is 1.24. The Bertz CT molecular complexity index is 331. The first-order chi connectivity index (χ1) is 8.58. The van der Waals surface area contributed by atoms with Gasteiger partial charge >= 0.3 is 0 Å². The van der Waals surface area contributed by atoms with Gasteiger partial charge in [0.15, 0.2) is 0 Å². The standard InChI is InChI=1S/C16H27NS/c1-6-13(4)18-11-16(17-5)15-9-7-14(8-10-15)12(2)3/h7-10,12-13,16-17H,6,11H2,1-5H3. The fourth-order valence-electron chi connectivity index (χ4n) is 1.84. The van der Waals surface area contributed by atoms with E-state index in [2.05, 4.69) is 76.1 Å². The minimum absolute atomic E-state index is 0.463. The van der Waals surface area contributed by atoms with Gasteiger partial charge in [0.05, 0.1) is 0 Å². The lowest BCUT2D eigenvalue weighted by atomic mass is 10.00. The zero-order valence-electron chi connectivity index (χ0n) is 12.4. The largest absolute Gasteiger partial charge is 0.312 e. The predicted molar refractivity (Wildman–Crippen MR) is 84.5 cm³/mol. The second kappa shape index (κ2) is 7.85. The lowest BCUT2D eigenvalue weighted by Gasteiger charge is -2.19. The predicted octanol–water partition coefficient (Wildman–Crippen LogP) is 4.60. The molecule has 0 aliphatic heterocycles. The van der Waals surface area contributed by atoms with Crippen molar-refractivity contribution in [3.8, 4) is 0 Å². The molecular formula is C16H27NS. The van der Waals surface area contributed by atoms with Gasteiger partial charge in [0.2, 0.25) is 0 Å². The van der Waals surface area contributed by atoms with Crippen LogP contribution in [0.4, 0.5) is 0 Å². The van der Waals surface area contributed by atoms with E-state index >= 15 is 0 Å². The molecule has 0 saturated carbocycles. The SMILES string of the molecule is CCC(C)SCC(NC)c1ccc(C(C)C)cc1. The maximum Gasteiger partial charge on any atom is 0.0409 e. The number of hydrogen-bond donors (Lipinski definition) is 1. The highest BCUT2D eigenvalue weighted by Gasteiger charge is 2.11. The van der Waals surface area contributed by atoms with Gasteiger partial charge in [-0.2, -0.15) is 11.8 Å². The quantitative estimate of drug-likeness (QED) is 0.773. The highest BCUT2D eigenvalue weighted by atomic mass is 32.2. The third-order valence-electron chi connectivity index (χ3n) is 3.48. The first-order valence-corrected chi connectivity index (χ1v) is 8.02. The van der Waals surface area contributed by atoms with E-state index in [9.17, 15) is 0 Å². The van der Waals surface area contributed by atoms with Gasteiger partial charge in [0, 0.05) is 17.0 Å². The summed E-state index contributed by atoms with van der Waals surface area (Å²) in [6, 6.07) is 9.53. The summed E-state index contributed by atoms with van der Waals surface area (Å²) in [5.41, 5.74) is 2.82. The summed E-state index contributed by atoms with van der Waals surface area (Å²) in [5, 5.41) is 4.17. The number of hydrogen-bond acceptors (Lipinski definition) is 2. The highest BCUT2D eigenvalue weighted by Crippen LogP contribution is 2.24. The van der Waals surface area contributed by atoms with Crippen LogP contribution < -0.4 is 5.32 Å². The van der Waals surface area contributed by atoms with E-state index < -0.39 is 0 Å². The van der Waals surface area contributed by atoms with Crippen molar-refractivity contribution in [2.45, 2.75) is 51.3 Å². The van der Waals surface area contributed by atoms with Crippen molar-refractivity contribution in [3.63, 3.8) is 0 Å². The highest BCUT2D eigenvalue weighted by molar-refractivity contribution is 7.99. The third kappa shape index (κ3) is 4.66. The summed E-state index contributed by atoms with van der Waals surface area (Å²) >= 11 is 2.05. The Morgan fingerprint density at radius 3 is 2.06 bits per heavy atom. The van der Waals surface area contributed by atoms with Crippen molar-refractivity contribution in [3.05, 3.63) is 35.4 Å². The van der Waals surface area contributed by atoms with E-state index in [0.717, 1.165) is 11.0 Å². The average Bonchev–Trinajstić information content (AvgIpc) is 2.39. The van der Waals surface area contributed by atoms with Gasteiger partial charge < -0.3 is 5.32 Å². The summed E-state index contributed by atoms with van der Waals surface area (Å²) in [6.45, 7) is 9.04. The first kappa shape index (κ1) is 15.6. The second-order valence-electron chi connectivity index (χ2n) is 5.21. The van der Waals surface area contributed by atoms with Crippen molar-refractivity contribution in [2.75, 3.05) is 12.8 Å². The molecule has 0 heterocycles. The molecule has 0 amide bonds. The summed E-state index contributed by atoms with van der Waals surface area (Å²) in [4.78, 5) is 0. The van der Waals surface area contributed by atoms with Gasteiger partial charge in [-0.25, -0.2) is 0 Å². The molecule has 1 nitrogen and oxygen atoms in total. The molecule has 2 atom stereocenters. The molecule has 1 rings (SSSR count). The van der Waals surface area contributed by atoms with E-state index in [0.29, 0.717) is 12.0 Å². The van der Waals surface area contributed by atoms with Crippen molar-refractivity contribution in [2.24, 2.45) is 0 Å². The Morgan fingerprint density at radius 2 is 1.61 bits per heavy atom. The van der Waals surface area contributed by atoms with Crippen molar-refractivity contribution in [1.29, 1.82) is 0 Å². The molecule has 0 aliphatic rings. The topological polar surface area (TPSA) is 12.0 Å². The van der Waals surface area contributed by atoms with Gasteiger partial charge in [-0.1, -0.05) is 52.0 Å². The Labute approximate surface area is 117 Å². The lowest BCUT2D eigenvalue weighted by Crippen LogP contribution is -2.19. The van der Waals surface area contributed by atoms with Crippen LogP contribution in [-0.2, 0) is 0 Å². The van der Waals surface area contributed by atoms with Crippen LogP contribution in [-0.4, -0.2) is 18.1 Å². The fraction of sp³-hybridized carbons (Fsp3) is 0.625. The van der Waals surface area contributed by atoms with Crippen LogP contribution in [0.1, 0.15) is 57.2 Å². The molecule has 0 saturated heterocycles. The third-order valence-corrected chi connectivity index (χ3v) is 4.90. The first-order valence-electron chi connectivity index (χ1n) is 6.97. The van der Waals surface area contributed by atoms with E-state index in [-0.39, 0.29) is 0 Å². The Morgan fingerprint density at radius 1 is 1.06 bits per heavy atom.